The molecule has 3 rings (SSSR count). The number of furan rings is 1. The van der Waals surface area contributed by atoms with Crippen LogP contribution in [0.4, 0.5) is 10.1 Å². The molecule has 0 fully saturated rings. The van der Waals surface area contributed by atoms with Crippen molar-refractivity contribution in [2.45, 2.75) is 15.5 Å². The van der Waals surface area contributed by atoms with Crippen molar-refractivity contribution in [3.63, 3.8) is 0 Å². The number of sulfone groups is 1. The van der Waals surface area contributed by atoms with Gasteiger partial charge in [0.1, 0.15) is 5.82 Å². The van der Waals surface area contributed by atoms with E-state index in [1.165, 1.54) is 18.2 Å². The number of hydrogen-bond donors (Lipinski definition) is 2. The molecule has 2 aromatic carbocycles. The van der Waals surface area contributed by atoms with Crippen LogP contribution in [0.5, 0.6) is 0 Å². The zero-order valence-electron chi connectivity index (χ0n) is 14.7. The van der Waals surface area contributed by atoms with E-state index in [-0.39, 0.29) is 21.9 Å². The van der Waals surface area contributed by atoms with Crippen molar-refractivity contribution >= 4 is 31.5 Å². The van der Waals surface area contributed by atoms with E-state index in [0.717, 1.165) is 18.4 Å². The fourth-order valence-electron chi connectivity index (χ4n) is 2.55. The molecule has 0 aliphatic carbocycles. The standard InChI is InChI=1S/C18H15FN2O6S2/c19-13-8-14(10-16(9-13)29(20,25)26)21-18(22)17-12(6-7-27-17)11-28(23,24)15-4-2-1-3-5-15/h1-10H,11H2,(H,21,22)(H2,20,25,26). The molecule has 0 radical (unpaired) electrons. The van der Waals surface area contributed by atoms with E-state index < -0.39 is 42.2 Å². The summed E-state index contributed by atoms with van der Waals surface area (Å²) in [5.74, 6) is -2.61. The van der Waals surface area contributed by atoms with Crippen LogP contribution in [0, 0.1) is 5.82 Å². The molecule has 0 saturated carbocycles. The molecule has 0 aliphatic rings. The van der Waals surface area contributed by atoms with Gasteiger partial charge in [0.25, 0.3) is 5.91 Å². The number of anilines is 1. The highest BCUT2D eigenvalue weighted by atomic mass is 32.2. The second kappa shape index (κ2) is 7.78. The molecule has 1 amide bonds. The third-order valence-corrected chi connectivity index (χ3v) is 6.43. The average molecular weight is 438 g/mol. The minimum absolute atomic E-state index is 0.0792. The van der Waals surface area contributed by atoms with Crippen LogP contribution in [-0.2, 0) is 25.6 Å². The van der Waals surface area contributed by atoms with Crippen LogP contribution in [0.3, 0.4) is 0 Å². The summed E-state index contributed by atoms with van der Waals surface area (Å²) in [6.07, 6.45) is 1.14. The SMILES string of the molecule is NS(=O)(=O)c1cc(F)cc(NC(=O)c2occc2CS(=O)(=O)c2ccccc2)c1. The van der Waals surface area contributed by atoms with Crippen molar-refractivity contribution in [3.8, 4) is 0 Å². The molecule has 8 nitrogen and oxygen atoms in total. The van der Waals surface area contributed by atoms with Gasteiger partial charge in [-0.1, -0.05) is 18.2 Å². The molecule has 1 heterocycles. The molecule has 0 bridgehead atoms. The van der Waals surface area contributed by atoms with Crippen molar-refractivity contribution in [2.24, 2.45) is 5.14 Å². The van der Waals surface area contributed by atoms with Crippen molar-refractivity contribution < 1.29 is 30.4 Å². The monoisotopic (exact) mass is 438 g/mol. The molecular weight excluding hydrogens is 423 g/mol. The lowest BCUT2D eigenvalue weighted by Crippen LogP contribution is -2.16. The second-order valence-electron chi connectivity index (χ2n) is 6.02. The Kier molecular flexibility index (Phi) is 5.55. The minimum Gasteiger partial charge on any atom is -0.459 e. The number of sulfonamides is 1. The molecule has 0 atom stereocenters. The number of amides is 1. The summed E-state index contributed by atoms with van der Waals surface area (Å²) in [5, 5.41) is 7.25. The quantitative estimate of drug-likeness (QED) is 0.606. The van der Waals surface area contributed by atoms with E-state index in [9.17, 15) is 26.0 Å². The number of primary sulfonamides is 1. The summed E-state index contributed by atoms with van der Waals surface area (Å²) in [5.41, 5.74) is -0.0956. The highest BCUT2D eigenvalue weighted by molar-refractivity contribution is 7.90. The van der Waals surface area contributed by atoms with Crippen LogP contribution < -0.4 is 10.5 Å². The average Bonchev–Trinajstić information content (AvgIpc) is 3.09. The number of nitrogens with two attached hydrogens (primary N) is 1. The summed E-state index contributed by atoms with van der Waals surface area (Å²) in [4.78, 5) is 12.0. The van der Waals surface area contributed by atoms with E-state index in [2.05, 4.69) is 5.32 Å². The number of carbonyl (C=O) groups excluding carboxylic acids is 1. The van der Waals surface area contributed by atoms with Crippen molar-refractivity contribution in [1.82, 2.24) is 0 Å². The third kappa shape index (κ3) is 4.88. The first-order valence-corrected chi connectivity index (χ1v) is 11.2. The molecule has 0 unspecified atom stereocenters. The van der Waals surface area contributed by atoms with E-state index in [1.54, 1.807) is 18.2 Å². The first-order chi connectivity index (χ1) is 13.6. The molecule has 1 aromatic heterocycles. The predicted molar refractivity (Wildman–Crippen MR) is 102 cm³/mol. The third-order valence-electron chi connectivity index (χ3n) is 3.86. The largest absolute Gasteiger partial charge is 0.459 e. The van der Waals surface area contributed by atoms with Crippen LogP contribution >= 0.6 is 0 Å². The smallest absolute Gasteiger partial charge is 0.291 e. The highest BCUT2D eigenvalue weighted by Crippen LogP contribution is 2.22. The second-order valence-corrected chi connectivity index (χ2v) is 9.57. The van der Waals surface area contributed by atoms with Crippen molar-refractivity contribution in [3.05, 3.63) is 78.0 Å². The molecule has 11 heteroatoms. The highest BCUT2D eigenvalue weighted by Gasteiger charge is 2.23. The summed E-state index contributed by atoms with van der Waals surface area (Å²) in [6.45, 7) is 0. The number of halogens is 1. The maximum absolute atomic E-state index is 13.7. The van der Waals surface area contributed by atoms with Gasteiger partial charge in [0.15, 0.2) is 15.6 Å². The molecule has 3 aromatic rings. The Labute approximate surface area is 166 Å². The predicted octanol–water partition coefficient (Wildman–Crippen LogP) is 2.29. The van der Waals surface area contributed by atoms with Gasteiger partial charge in [-0.2, -0.15) is 0 Å². The topological polar surface area (TPSA) is 137 Å². The van der Waals surface area contributed by atoms with Crippen LogP contribution in [0.25, 0.3) is 0 Å². The van der Waals surface area contributed by atoms with E-state index >= 15 is 0 Å². The van der Waals surface area contributed by atoms with Gasteiger partial charge in [0.05, 0.1) is 21.8 Å². The van der Waals surface area contributed by atoms with Crippen LogP contribution in [0.15, 0.2) is 75.1 Å². The van der Waals surface area contributed by atoms with Gasteiger partial charge in [-0.05, 0) is 36.4 Å². The van der Waals surface area contributed by atoms with Gasteiger partial charge in [-0.15, -0.1) is 0 Å². The molecule has 0 spiro atoms. The Hall–Kier alpha value is -3.02. The number of hydrogen-bond acceptors (Lipinski definition) is 6. The molecule has 3 N–H and O–H groups in total. The molecular formula is C18H15FN2O6S2. The van der Waals surface area contributed by atoms with Crippen LogP contribution in [0.1, 0.15) is 16.1 Å². The van der Waals surface area contributed by atoms with Crippen LogP contribution in [0.2, 0.25) is 0 Å². The Balaban J connectivity index is 1.86. The van der Waals surface area contributed by atoms with E-state index in [0.29, 0.717) is 6.07 Å². The fraction of sp³-hybridized carbons (Fsp3) is 0.0556. The summed E-state index contributed by atoms with van der Waals surface area (Å²) in [7, 11) is -7.94. The fourth-order valence-corrected chi connectivity index (χ4v) is 4.49. The maximum Gasteiger partial charge on any atom is 0.291 e. The number of carbonyl (C=O) groups is 1. The maximum atomic E-state index is 13.7. The zero-order chi connectivity index (χ0) is 21.2. The zero-order valence-corrected chi connectivity index (χ0v) is 16.3. The lowest BCUT2D eigenvalue weighted by molar-refractivity contribution is 0.0995. The lowest BCUT2D eigenvalue weighted by Gasteiger charge is -2.08. The molecule has 152 valence electrons. The normalized spacial score (nSPS) is 11.9. The van der Waals surface area contributed by atoms with Crippen molar-refractivity contribution in [2.75, 3.05) is 5.32 Å². The Morgan fingerprint density at radius 2 is 1.69 bits per heavy atom. The van der Waals surface area contributed by atoms with E-state index in [1.807, 2.05) is 0 Å². The lowest BCUT2D eigenvalue weighted by atomic mass is 10.2. The Morgan fingerprint density at radius 1 is 1.00 bits per heavy atom. The summed E-state index contributed by atoms with van der Waals surface area (Å²) >= 11 is 0. The summed E-state index contributed by atoms with van der Waals surface area (Å²) in [6, 6.07) is 11.6. The first-order valence-electron chi connectivity index (χ1n) is 8.05. The molecule has 0 saturated heterocycles. The number of benzene rings is 2. The van der Waals surface area contributed by atoms with Gasteiger partial charge in [-0.3, -0.25) is 4.79 Å². The Morgan fingerprint density at radius 3 is 2.34 bits per heavy atom. The number of rotatable bonds is 6. The van der Waals surface area contributed by atoms with Gasteiger partial charge in [0.2, 0.25) is 10.0 Å². The van der Waals surface area contributed by atoms with Crippen LogP contribution in [-0.4, -0.2) is 22.7 Å². The van der Waals surface area contributed by atoms with Gasteiger partial charge < -0.3 is 9.73 Å². The summed E-state index contributed by atoms with van der Waals surface area (Å²) < 4.78 is 66.6. The van der Waals surface area contributed by atoms with E-state index in [4.69, 9.17) is 9.56 Å². The minimum atomic E-state index is -4.19. The first kappa shape index (κ1) is 20.7. The van der Waals surface area contributed by atoms with Gasteiger partial charge >= 0.3 is 0 Å². The van der Waals surface area contributed by atoms with Gasteiger partial charge in [-0.25, -0.2) is 26.4 Å². The Bertz CT molecular complexity index is 1270. The molecule has 29 heavy (non-hydrogen) atoms. The van der Waals surface area contributed by atoms with Crippen molar-refractivity contribution in [1.29, 1.82) is 0 Å². The molecule has 0 aliphatic heterocycles. The number of nitrogens with one attached hydrogen (secondary N) is 1. The van der Waals surface area contributed by atoms with Gasteiger partial charge in [0, 0.05) is 11.3 Å².